The largest absolute Gasteiger partial charge is 0.496 e. The number of rotatable bonds is 2. The molecule has 0 N–H and O–H groups in total. The van der Waals surface area contributed by atoms with Crippen LogP contribution in [0.5, 0.6) is 0 Å². The van der Waals surface area contributed by atoms with Gasteiger partial charge in [-0.25, -0.2) is 4.79 Å². The highest BCUT2D eigenvalue weighted by Crippen LogP contribution is 2.47. The lowest BCUT2D eigenvalue weighted by Gasteiger charge is -2.31. The van der Waals surface area contributed by atoms with Crippen molar-refractivity contribution in [3.05, 3.63) is 11.3 Å². The number of hydrogen-bond acceptors (Lipinski definition) is 5. The molecule has 4 heterocycles. The van der Waals surface area contributed by atoms with Crippen LogP contribution in [0.3, 0.4) is 0 Å². The number of cyclic esters (lactones) is 1. The van der Waals surface area contributed by atoms with E-state index in [0.717, 1.165) is 25.8 Å². The number of methoxy groups -OCH3 is 1. The molecule has 0 saturated carbocycles. The molecule has 6 heteroatoms. The summed E-state index contributed by atoms with van der Waals surface area (Å²) in [6, 6.07) is 0.262. The van der Waals surface area contributed by atoms with Crippen LogP contribution in [-0.4, -0.2) is 54.8 Å². The summed E-state index contributed by atoms with van der Waals surface area (Å²) in [4.78, 5) is 26.2. The Morgan fingerprint density at radius 3 is 2.79 bits per heavy atom. The van der Waals surface area contributed by atoms with Gasteiger partial charge in [0, 0.05) is 24.9 Å². The standard InChI is InChI=1S/C18H25NO5/c1-9-14-11-6-7-13(20)19(11)8-4-5-12(14)23-16(9)17-15(22-3)10(2)18(21)24-17/h9,11-12,14,16-17H,4-8H2,1-3H3/t9-,11-,12+,14+,16?,17?/m0/s1. The van der Waals surface area contributed by atoms with Gasteiger partial charge in [-0.05, 0) is 32.1 Å². The molecule has 3 fully saturated rings. The third kappa shape index (κ3) is 2.19. The second-order valence-corrected chi connectivity index (χ2v) is 7.43. The van der Waals surface area contributed by atoms with Crippen molar-refractivity contribution in [1.29, 1.82) is 0 Å². The van der Waals surface area contributed by atoms with Gasteiger partial charge in [-0.2, -0.15) is 0 Å². The van der Waals surface area contributed by atoms with Crippen molar-refractivity contribution in [2.75, 3.05) is 13.7 Å². The molecule has 4 aliphatic rings. The molecule has 24 heavy (non-hydrogen) atoms. The fourth-order valence-corrected chi connectivity index (χ4v) is 5.15. The quantitative estimate of drug-likeness (QED) is 0.718. The Kier molecular flexibility index (Phi) is 3.82. The number of carbonyl (C=O) groups is 2. The van der Waals surface area contributed by atoms with Crippen LogP contribution in [0.2, 0.25) is 0 Å². The van der Waals surface area contributed by atoms with Gasteiger partial charge in [-0.3, -0.25) is 4.79 Å². The molecule has 0 aliphatic carbocycles. The van der Waals surface area contributed by atoms with Gasteiger partial charge in [-0.15, -0.1) is 0 Å². The van der Waals surface area contributed by atoms with E-state index in [-0.39, 0.29) is 36.0 Å². The lowest BCUT2D eigenvalue weighted by molar-refractivity contribution is -0.147. The van der Waals surface area contributed by atoms with Gasteiger partial charge in [0.1, 0.15) is 11.9 Å². The second-order valence-electron chi connectivity index (χ2n) is 7.43. The molecule has 0 aromatic carbocycles. The lowest BCUT2D eigenvalue weighted by Crippen LogP contribution is -2.42. The Bertz CT molecular complexity index is 600. The third-order valence-electron chi connectivity index (χ3n) is 6.28. The summed E-state index contributed by atoms with van der Waals surface area (Å²) in [5, 5.41) is 0. The van der Waals surface area contributed by atoms with Crippen LogP contribution in [0.1, 0.15) is 39.5 Å². The molecule has 0 bridgehead atoms. The van der Waals surface area contributed by atoms with Crippen LogP contribution >= 0.6 is 0 Å². The molecular formula is C18H25NO5. The Balaban J connectivity index is 1.61. The van der Waals surface area contributed by atoms with Crippen molar-refractivity contribution < 1.29 is 23.8 Å². The smallest absolute Gasteiger partial charge is 0.338 e. The molecule has 0 aromatic heterocycles. The average molecular weight is 335 g/mol. The minimum atomic E-state index is -0.463. The van der Waals surface area contributed by atoms with Crippen molar-refractivity contribution in [3.8, 4) is 0 Å². The van der Waals surface area contributed by atoms with Crippen molar-refractivity contribution in [3.63, 3.8) is 0 Å². The van der Waals surface area contributed by atoms with Crippen molar-refractivity contribution in [2.24, 2.45) is 11.8 Å². The van der Waals surface area contributed by atoms with Gasteiger partial charge in [0.25, 0.3) is 0 Å². The Labute approximate surface area is 142 Å². The summed E-state index contributed by atoms with van der Waals surface area (Å²) < 4.78 is 17.4. The van der Waals surface area contributed by atoms with Crippen molar-refractivity contribution >= 4 is 11.9 Å². The maximum atomic E-state index is 12.2. The van der Waals surface area contributed by atoms with Crippen LogP contribution in [-0.2, 0) is 23.8 Å². The Morgan fingerprint density at radius 1 is 1.25 bits per heavy atom. The second kappa shape index (κ2) is 5.76. The summed E-state index contributed by atoms with van der Waals surface area (Å²) in [6.45, 7) is 4.74. The lowest BCUT2D eigenvalue weighted by atomic mass is 9.80. The first-order valence-corrected chi connectivity index (χ1v) is 8.93. The zero-order chi connectivity index (χ0) is 17.0. The molecule has 3 saturated heterocycles. The summed E-state index contributed by atoms with van der Waals surface area (Å²) in [5.41, 5.74) is 0.531. The minimum absolute atomic E-state index is 0.128. The number of esters is 1. The highest BCUT2D eigenvalue weighted by Gasteiger charge is 2.55. The average Bonchev–Trinajstić information content (AvgIpc) is 3.11. The van der Waals surface area contributed by atoms with Crippen LogP contribution in [0.4, 0.5) is 0 Å². The van der Waals surface area contributed by atoms with E-state index in [1.54, 1.807) is 14.0 Å². The predicted molar refractivity (Wildman–Crippen MR) is 84.9 cm³/mol. The highest BCUT2D eigenvalue weighted by molar-refractivity contribution is 5.91. The fraction of sp³-hybridized carbons (Fsp3) is 0.778. The van der Waals surface area contributed by atoms with Gasteiger partial charge in [0.2, 0.25) is 5.91 Å². The van der Waals surface area contributed by atoms with Gasteiger partial charge < -0.3 is 19.1 Å². The summed E-state index contributed by atoms with van der Waals surface area (Å²) in [7, 11) is 1.57. The molecule has 132 valence electrons. The molecule has 0 spiro atoms. The number of nitrogens with zero attached hydrogens (tertiary/aromatic N) is 1. The number of carbonyl (C=O) groups excluding carboxylic acids is 2. The van der Waals surface area contributed by atoms with Crippen LogP contribution in [0.15, 0.2) is 11.3 Å². The fourth-order valence-electron chi connectivity index (χ4n) is 5.15. The van der Waals surface area contributed by atoms with E-state index < -0.39 is 6.10 Å². The van der Waals surface area contributed by atoms with Gasteiger partial charge in [0.05, 0.1) is 18.8 Å². The number of ether oxygens (including phenoxy) is 3. The predicted octanol–water partition coefficient (Wildman–Crippen LogP) is 1.64. The molecule has 2 unspecified atom stereocenters. The molecule has 0 radical (unpaired) electrons. The van der Waals surface area contributed by atoms with E-state index in [1.165, 1.54) is 0 Å². The number of amides is 1. The number of fused-ring (bicyclic) bond motifs is 3. The first-order chi connectivity index (χ1) is 11.5. The molecule has 6 nitrogen and oxygen atoms in total. The topological polar surface area (TPSA) is 65.1 Å². The van der Waals surface area contributed by atoms with Crippen molar-refractivity contribution in [2.45, 2.75) is 63.9 Å². The first-order valence-electron chi connectivity index (χ1n) is 8.93. The molecule has 4 aliphatic heterocycles. The van der Waals surface area contributed by atoms with Gasteiger partial charge in [0.15, 0.2) is 6.10 Å². The summed E-state index contributed by atoms with van der Waals surface area (Å²) in [5.74, 6) is 1.06. The molecule has 4 rings (SSSR count). The van der Waals surface area contributed by atoms with Crippen LogP contribution in [0, 0.1) is 11.8 Å². The van der Waals surface area contributed by atoms with Crippen LogP contribution < -0.4 is 0 Å². The number of hydrogen-bond donors (Lipinski definition) is 0. The third-order valence-corrected chi connectivity index (χ3v) is 6.28. The van der Waals surface area contributed by atoms with Gasteiger partial charge in [-0.1, -0.05) is 6.92 Å². The van der Waals surface area contributed by atoms with E-state index in [0.29, 0.717) is 23.7 Å². The van der Waals surface area contributed by atoms with E-state index in [4.69, 9.17) is 14.2 Å². The Hall–Kier alpha value is -1.56. The van der Waals surface area contributed by atoms with E-state index >= 15 is 0 Å². The summed E-state index contributed by atoms with van der Waals surface area (Å²) in [6.07, 6.45) is 2.95. The normalized spacial score (nSPS) is 42.0. The molecule has 6 atom stereocenters. The van der Waals surface area contributed by atoms with E-state index in [9.17, 15) is 9.59 Å². The molecule has 0 aromatic rings. The van der Waals surface area contributed by atoms with Crippen molar-refractivity contribution in [1.82, 2.24) is 4.90 Å². The monoisotopic (exact) mass is 335 g/mol. The molecular weight excluding hydrogens is 310 g/mol. The first kappa shape index (κ1) is 15.9. The maximum Gasteiger partial charge on any atom is 0.338 e. The zero-order valence-corrected chi connectivity index (χ0v) is 14.5. The van der Waals surface area contributed by atoms with E-state index in [1.807, 2.05) is 0 Å². The van der Waals surface area contributed by atoms with Crippen LogP contribution in [0.25, 0.3) is 0 Å². The zero-order valence-electron chi connectivity index (χ0n) is 14.5. The SMILES string of the molecule is COC1=C(C)C(=O)OC1C1O[C@@H]2CCCN3C(=O)CC[C@H]3[C@H]2[C@@H]1C. The maximum absolute atomic E-state index is 12.2. The minimum Gasteiger partial charge on any atom is -0.496 e. The summed E-state index contributed by atoms with van der Waals surface area (Å²) >= 11 is 0. The van der Waals surface area contributed by atoms with E-state index in [2.05, 4.69) is 11.8 Å². The molecule has 1 amide bonds. The highest BCUT2D eigenvalue weighted by atomic mass is 16.6. The Morgan fingerprint density at radius 2 is 2.04 bits per heavy atom. The van der Waals surface area contributed by atoms with Gasteiger partial charge >= 0.3 is 5.97 Å².